The van der Waals surface area contributed by atoms with E-state index >= 15 is 0 Å². The maximum atomic E-state index is 3.37. The van der Waals surface area contributed by atoms with Crippen LogP contribution in [0.15, 0.2) is 0 Å². The van der Waals surface area contributed by atoms with E-state index in [2.05, 4.69) is 21.5 Å². The SMILES string of the molecule is C1CCNCCNNCCNC1. The highest BCUT2D eigenvalue weighted by Crippen LogP contribution is 1.83. The van der Waals surface area contributed by atoms with Crippen molar-refractivity contribution in [3.05, 3.63) is 0 Å². The molecule has 1 saturated heterocycles. The van der Waals surface area contributed by atoms with Gasteiger partial charge in [-0.15, -0.1) is 0 Å². The Morgan fingerprint density at radius 1 is 0.500 bits per heavy atom. The van der Waals surface area contributed by atoms with Gasteiger partial charge in [0.15, 0.2) is 0 Å². The summed E-state index contributed by atoms with van der Waals surface area (Å²) in [6.45, 7) is 6.40. The van der Waals surface area contributed by atoms with Crippen LogP contribution in [0.2, 0.25) is 0 Å². The molecule has 1 rings (SSSR count). The van der Waals surface area contributed by atoms with Gasteiger partial charge in [-0.25, -0.2) is 0 Å². The summed E-state index contributed by atoms with van der Waals surface area (Å²) in [4.78, 5) is 0. The molecular formula is C8H20N4. The zero-order valence-electron chi connectivity index (χ0n) is 7.66. The van der Waals surface area contributed by atoms with Gasteiger partial charge < -0.3 is 10.6 Å². The second-order valence-corrected chi connectivity index (χ2v) is 3.06. The molecule has 4 N–H and O–H groups in total. The van der Waals surface area contributed by atoms with Crippen LogP contribution in [-0.2, 0) is 0 Å². The third-order valence-corrected chi connectivity index (χ3v) is 1.94. The van der Waals surface area contributed by atoms with Crippen LogP contribution in [0.1, 0.15) is 12.8 Å². The molecule has 0 amide bonds. The molecule has 0 aliphatic carbocycles. The lowest BCUT2D eigenvalue weighted by atomic mass is 10.3. The average Bonchev–Trinajstić information content (AvgIpc) is 2.05. The van der Waals surface area contributed by atoms with Crippen molar-refractivity contribution in [1.29, 1.82) is 0 Å². The lowest BCUT2D eigenvalue weighted by Gasteiger charge is -2.11. The first-order chi connectivity index (χ1) is 6.00. The van der Waals surface area contributed by atoms with Gasteiger partial charge in [0, 0.05) is 26.2 Å². The van der Waals surface area contributed by atoms with E-state index in [4.69, 9.17) is 0 Å². The molecule has 0 spiro atoms. The summed E-state index contributed by atoms with van der Waals surface area (Å²) in [5.41, 5.74) is 6.30. The average molecular weight is 172 g/mol. The summed E-state index contributed by atoms with van der Waals surface area (Å²) in [6, 6.07) is 0. The van der Waals surface area contributed by atoms with Crippen LogP contribution in [-0.4, -0.2) is 39.3 Å². The molecule has 1 fully saturated rings. The summed E-state index contributed by atoms with van der Waals surface area (Å²) < 4.78 is 0. The van der Waals surface area contributed by atoms with E-state index in [0.29, 0.717) is 0 Å². The molecule has 4 nitrogen and oxygen atoms in total. The van der Waals surface area contributed by atoms with Crippen LogP contribution in [0.4, 0.5) is 0 Å². The van der Waals surface area contributed by atoms with Gasteiger partial charge in [0.05, 0.1) is 0 Å². The van der Waals surface area contributed by atoms with Crippen molar-refractivity contribution in [3.8, 4) is 0 Å². The monoisotopic (exact) mass is 172 g/mol. The van der Waals surface area contributed by atoms with E-state index in [9.17, 15) is 0 Å². The predicted octanol–water partition coefficient (Wildman–Crippen LogP) is -0.946. The van der Waals surface area contributed by atoms with Crippen molar-refractivity contribution < 1.29 is 0 Å². The van der Waals surface area contributed by atoms with Gasteiger partial charge in [-0.3, -0.25) is 10.9 Å². The zero-order valence-corrected chi connectivity index (χ0v) is 7.66. The molecule has 12 heavy (non-hydrogen) atoms. The molecule has 0 aromatic heterocycles. The third-order valence-electron chi connectivity index (χ3n) is 1.94. The molecule has 0 saturated carbocycles. The highest BCUT2D eigenvalue weighted by atomic mass is 15.4. The Hall–Kier alpha value is -0.160. The summed E-state index contributed by atoms with van der Waals surface area (Å²) >= 11 is 0. The van der Waals surface area contributed by atoms with Crippen LogP contribution < -0.4 is 21.5 Å². The topological polar surface area (TPSA) is 48.1 Å². The Balaban J connectivity index is 2.00. The van der Waals surface area contributed by atoms with E-state index in [1.54, 1.807) is 0 Å². The lowest BCUT2D eigenvalue weighted by molar-refractivity contribution is 0.479. The summed E-state index contributed by atoms with van der Waals surface area (Å²) in [5.74, 6) is 0. The van der Waals surface area contributed by atoms with Gasteiger partial charge in [0.25, 0.3) is 0 Å². The molecule has 72 valence electrons. The van der Waals surface area contributed by atoms with Crippen molar-refractivity contribution in [2.24, 2.45) is 0 Å². The van der Waals surface area contributed by atoms with Crippen molar-refractivity contribution in [2.45, 2.75) is 12.8 Å². The van der Waals surface area contributed by atoms with Gasteiger partial charge >= 0.3 is 0 Å². The van der Waals surface area contributed by atoms with Gasteiger partial charge in [-0.05, 0) is 25.9 Å². The smallest absolute Gasteiger partial charge is 0.0225 e. The molecule has 1 aliphatic heterocycles. The summed E-state index contributed by atoms with van der Waals surface area (Å²) in [5, 5.41) is 6.75. The van der Waals surface area contributed by atoms with Crippen molar-refractivity contribution in [2.75, 3.05) is 39.3 Å². The maximum Gasteiger partial charge on any atom is 0.0225 e. The molecule has 4 heteroatoms. The van der Waals surface area contributed by atoms with Gasteiger partial charge in [0.2, 0.25) is 0 Å². The quantitative estimate of drug-likeness (QED) is 0.381. The Kier molecular flexibility index (Phi) is 6.19. The van der Waals surface area contributed by atoms with Crippen molar-refractivity contribution in [3.63, 3.8) is 0 Å². The van der Waals surface area contributed by atoms with Crippen molar-refractivity contribution >= 4 is 0 Å². The second kappa shape index (κ2) is 7.49. The first kappa shape index (κ1) is 9.92. The van der Waals surface area contributed by atoms with Crippen LogP contribution >= 0.6 is 0 Å². The minimum atomic E-state index is 1.00. The normalized spacial score (nSPS) is 24.0. The lowest BCUT2D eigenvalue weighted by Crippen LogP contribution is -2.41. The van der Waals surface area contributed by atoms with Crippen LogP contribution in [0.25, 0.3) is 0 Å². The number of nitrogens with one attached hydrogen (secondary N) is 4. The third kappa shape index (κ3) is 5.49. The van der Waals surface area contributed by atoms with Crippen LogP contribution in [0.3, 0.4) is 0 Å². The molecule has 0 radical (unpaired) electrons. The summed E-state index contributed by atoms with van der Waals surface area (Å²) in [7, 11) is 0. The Labute approximate surface area is 74.5 Å². The number of hydrogen-bond donors (Lipinski definition) is 4. The van der Waals surface area contributed by atoms with Gasteiger partial charge in [-0.1, -0.05) is 0 Å². The first-order valence-electron chi connectivity index (χ1n) is 4.87. The molecule has 0 bridgehead atoms. The first-order valence-corrected chi connectivity index (χ1v) is 4.87. The number of hydrogen-bond acceptors (Lipinski definition) is 4. The van der Waals surface area contributed by atoms with Crippen LogP contribution in [0, 0.1) is 0 Å². The number of hydrazine groups is 1. The Bertz CT molecular complexity index is 54.0. The summed E-state index contributed by atoms with van der Waals surface area (Å²) in [6.07, 6.45) is 2.56. The molecule has 1 heterocycles. The minimum absolute atomic E-state index is 1.00. The highest BCUT2D eigenvalue weighted by Gasteiger charge is 1.92. The maximum absolute atomic E-state index is 3.37. The molecule has 0 aromatic rings. The molecular weight excluding hydrogens is 152 g/mol. The molecule has 0 unspecified atom stereocenters. The van der Waals surface area contributed by atoms with Gasteiger partial charge in [0.1, 0.15) is 0 Å². The highest BCUT2D eigenvalue weighted by molar-refractivity contribution is 4.55. The largest absolute Gasteiger partial charge is 0.315 e. The van der Waals surface area contributed by atoms with E-state index in [1.165, 1.54) is 12.8 Å². The fourth-order valence-electron chi connectivity index (χ4n) is 1.23. The standard InChI is InChI=1S/C8H20N4/c1-2-4-10-6-8-12-11-7-5-9-3-1/h9-12H,1-8H2. The number of rotatable bonds is 0. The van der Waals surface area contributed by atoms with E-state index in [-0.39, 0.29) is 0 Å². The van der Waals surface area contributed by atoms with E-state index in [1.807, 2.05) is 0 Å². The minimum Gasteiger partial charge on any atom is -0.315 e. The van der Waals surface area contributed by atoms with Gasteiger partial charge in [-0.2, -0.15) is 0 Å². The molecule has 0 atom stereocenters. The zero-order chi connectivity index (χ0) is 8.49. The van der Waals surface area contributed by atoms with Crippen LogP contribution in [0.5, 0.6) is 0 Å². The fourth-order valence-corrected chi connectivity index (χ4v) is 1.23. The van der Waals surface area contributed by atoms with E-state index < -0.39 is 0 Å². The predicted molar refractivity (Wildman–Crippen MR) is 51.0 cm³/mol. The van der Waals surface area contributed by atoms with Crippen molar-refractivity contribution in [1.82, 2.24) is 21.5 Å². The Morgan fingerprint density at radius 3 is 1.50 bits per heavy atom. The van der Waals surface area contributed by atoms with E-state index in [0.717, 1.165) is 39.3 Å². The Morgan fingerprint density at radius 2 is 1.00 bits per heavy atom. The molecule has 1 aliphatic rings. The fraction of sp³-hybridized carbons (Fsp3) is 1.00. The molecule has 0 aromatic carbocycles. The second-order valence-electron chi connectivity index (χ2n) is 3.06.